The zero-order valence-electron chi connectivity index (χ0n) is 13.3. The number of nitrogens with one attached hydrogen (secondary N) is 1. The predicted molar refractivity (Wildman–Crippen MR) is 86.2 cm³/mol. The molecule has 0 aromatic heterocycles. The molecule has 0 aromatic rings. The predicted octanol–water partition coefficient (Wildman–Crippen LogP) is 2.93. The fraction of sp³-hybridized carbons (Fsp3) is 0.500. The third kappa shape index (κ3) is 2.82. The number of rotatable bonds is 1. The average Bonchev–Trinajstić information content (AvgIpc) is 2.33. The van der Waals surface area contributed by atoms with Crippen LogP contribution in [-0.4, -0.2) is 17.5 Å². The van der Waals surface area contributed by atoms with Gasteiger partial charge in [0.2, 0.25) is 11.8 Å². The minimum absolute atomic E-state index is 0.0325. The van der Waals surface area contributed by atoms with Gasteiger partial charge in [-0.15, -0.1) is 0 Å². The quantitative estimate of drug-likeness (QED) is 0.809. The lowest BCUT2D eigenvalue weighted by molar-refractivity contribution is -0.123. The molecule has 1 aliphatic heterocycles. The van der Waals surface area contributed by atoms with Crippen molar-refractivity contribution in [2.45, 2.75) is 40.0 Å². The van der Waals surface area contributed by atoms with Gasteiger partial charge in [0.1, 0.15) is 0 Å². The molecule has 1 N–H and O–H groups in total. The van der Waals surface area contributed by atoms with Gasteiger partial charge in [-0.1, -0.05) is 33.3 Å². The van der Waals surface area contributed by atoms with E-state index in [-0.39, 0.29) is 29.1 Å². The van der Waals surface area contributed by atoms with E-state index in [9.17, 15) is 9.59 Å². The van der Waals surface area contributed by atoms with Crippen molar-refractivity contribution in [1.82, 2.24) is 5.32 Å². The molecule has 116 valence electrons. The second kappa shape index (κ2) is 5.34. The Morgan fingerprint density at radius 2 is 2.00 bits per heavy atom. The molecule has 1 unspecified atom stereocenters. The Balaban J connectivity index is 1.87. The Bertz CT molecular complexity index is 640. The van der Waals surface area contributed by atoms with Gasteiger partial charge in [0, 0.05) is 23.6 Å². The Morgan fingerprint density at radius 1 is 1.27 bits per heavy atom. The van der Waals surface area contributed by atoms with Gasteiger partial charge < -0.3 is 5.32 Å². The maximum absolute atomic E-state index is 12.0. The maximum Gasteiger partial charge on any atom is 0.249 e. The monoisotopic (exact) mass is 298 g/mol. The summed E-state index contributed by atoms with van der Waals surface area (Å²) in [7, 11) is 0. The summed E-state index contributed by atoms with van der Waals surface area (Å²) < 4.78 is 0. The van der Waals surface area contributed by atoms with Gasteiger partial charge in [-0.3, -0.25) is 9.59 Å². The summed E-state index contributed by atoms with van der Waals surface area (Å²) in [6.45, 7) is 6.31. The lowest BCUT2D eigenvalue weighted by atomic mass is 9.74. The molecule has 2 aliphatic carbocycles. The van der Waals surface area contributed by atoms with Crippen LogP contribution in [0.4, 0.5) is 0 Å². The number of fused-ring (bicyclic) bond motifs is 1. The Hall–Kier alpha value is -1.97. The molecule has 1 atom stereocenters. The van der Waals surface area contributed by atoms with Gasteiger partial charge in [0.05, 0.1) is 5.71 Å². The topological polar surface area (TPSA) is 58.5 Å². The number of carbonyl (C=O) groups excluding carboxylic acids is 2. The standard InChI is InChI=1S/C18H22N2O2/c1-18(2,3)14-10-16(21)20-15-9-12(7-8-13(14)15)19-17(22)11-5-4-6-11/h7-11,13H,4-6H2,1-3H3,(H,20,21). The highest BCUT2D eigenvalue weighted by Gasteiger charge is 2.33. The fourth-order valence-corrected chi connectivity index (χ4v) is 3.02. The normalized spacial score (nSPS) is 26.8. The van der Waals surface area contributed by atoms with Crippen LogP contribution in [0.2, 0.25) is 0 Å². The molecule has 0 saturated heterocycles. The molecule has 22 heavy (non-hydrogen) atoms. The van der Waals surface area contributed by atoms with Crippen LogP contribution in [0.15, 0.2) is 40.6 Å². The summed E-state index contributed by atoms with van der Waals surface area (Å²) in [6, 6.07) is 0. The SMILES string of the molecule is CC(C)(C)C1=CC(=O)NC2=CC(=NC(=O)C3CCC3)C=CC21. The number of nitrogens with zero attached hydrogens (tertiary/aromatic N) is 1. The highest BCUT2D eigenvalue weighted by Crippen LogP contribution is 2.38. The van der Waals surface area contributed by atoms with E-state index < -0.39 is 0 Å². The van der Waals surface area contributed by atoms with Crippen LogP contribution in [0.5, 0.6) is 0 Å². The number of hydrogen-bond donors (Lipinski definition) is 1. The summed E-state index contributed by atoms with van der Waals surface area (Å²) in [5, 5.41) is 2.88. The summed E-state index contributed by atoms with van der Waals surface area (Å²) in [4.78, 5) is 28.1. The Labute approximate surface area is 131 Å². The molecule has 1 fully saturated rings. The van der Waals surface area contributed by atoms with Crippen LogP contribution in [0.25, 0.3) is 0 Å². The van der Waals surface area contributed by atoms with Crippen LogP contribution in [0.1, 0.15) is 40.0 Å². The van der Waals surface area contributed by atoms with Gasteiger partial charge >= 0.3 is 0 Å². The molecule has 0 bridgehead atoms. The number of allylic oxidation sites excluding steroid dienone is 3. The molecular formula is C18H22N2O2. The zero-order chi connectivity index (χ0) is 15.9. The molecular weight excluding hydrogens is 276 g/mol. The van der Waals surface area contributed by atoms with Crippen molar-refractivity contribution in [2.24, 2.45) is 22.2 Å². The summed E-state index contributed by atoms with van der Waals surface area (Å²) in [5.41, 5.74) is 2.46. The lowest BCUT2D eigenvalue weighted by Crippen LogP contribution is -2.36. The van der Waals surface area contributed by atoms with E-state index in [1.165, 1.54) is 0 Å². The second-order valence-corrected chi connectivity index (χ2v) is 7.28. The van der Waals surface area contributed by atoms with Crippen molar-refractivity contribution in [3.8, 4) is 0 Å². The number of aliphatic imine (C=N–C) groups is 1. The molecule has 1 heterocycles. The van der Waals surface area contributed by atoms with Gasteiger partial charge in [-0.25, -0.2) is 4.99 Å². The van der Waals surface area contributed by atoms with Crippen LogP contribution in [0.3, 0.4) is 0 Å². The highest BCUT2D eigenvalue weighted by molar-refractivity contribution is 6.11. The van der Waals surface area contributed by atoms with E-state index in [1.807, 2.05) is 18.2 Å². The molecule has 0 aromatic carbocycles. The maximum atomic E-state index is 12.0. The van der Waals surface area contributed by atoms with Crippen molar-refractivity contribution in [1.29, 1.82) is 0 Å². The smallest absolute Gasteiger partial charge is 0.249 e. The molecule has 3 aliphatic rings. The summed E-state index contributed by atoms with van der Waals surface area (Å²) in [5.74, 6) is 0.0285. The second-order valence-electron chi connectivity index (χ2n) is 7.28. The minimum atomic E-state index is -0.104. The molecule has 2 amide bonds. The molecule has 4 heteroatoms. The van der Waals surface area contributed by atoms with Gasteiger partial charge in [0.15, 0.2) is 0 Å². The zero-order valence-corrected chi connectivity index (χ0v) is 13.3. The van der Waals surface area contributed by atoms with Crippen molar-refractivity contribution in [3.05, 3.63) is 35.6 Å². The fourth-order valence-electron chi connectivity index (χ4n) is 3.02. The Kier molecular flexibility index (Phi) is 3.63. The third-order valence-electron chi connectivity index (χ3n) is 4.55. The first-order valence-electron chi connectivity index (χ1n) is 7.90. The van der Waals surface area contributed by atoms with Crippen molar-refractivity contribution < 1.29 is 9.59 Å². The van der Waals surface area contributed by atoms with E-state index >= 15 is 0 Å². The first-order chi connectivity index (χ1) is 10.3. The molecule has 3 rings (SSSR count). The minimum Gasteiger partial charge on any atom is -0.325 e. The van der Waals surface area contributed by atoms with Gasteiger partial charge in [-0.2, -0.15) is 0 Å². The first kappa shape index (κ1) is 14.9. The van der Waals surface area contributed by atoms with Crippen molar-refractivity contribution in [3.63, 3.8) is 0 Å². The average molecular weight is 298 g/mol. The van der Waals surface area contributed by atoms with E-state index in [1.54, 1.807) is 6.08 Å². The summed E-state index contributed by atoms with van der Waals surface area (Å²) >= 11 is 0. The number of carbonyl (C=O) groups is 2. The molecule has 1 saturated carbocycles. The van der Waals surface area contributed by atoms with Gasteiger partial charge in [0.25, 0.3) is 0 Å². The number of amides is 2. The third-order valence-corrected chi connectivity index (χ3v) is 4.55. The molecule has 4 nitrogen and oxygen atoms in total. The van der Waals surface area contributed by atoms with Crippen LogP contribution < -0.4 is 5.32 Å². The van der Waals surface area contributed by atoms with Crippen molar-refractivity contribution in [2.75, 3.05) is 0 Å². The van der Waals surface area contributed by atoms with Crippen molar-refractivity contribution >= 4 is 17.5 Å². The van der Waals surface area contributed by atoms with Crippen LogP contribution in [0, 0.1) is 17.3 Å². The van der Waals surface area contributed by atoms with E-state index in [0.29, 0.717) is 5.71 Å². The Morgan fingerprint density at radius 3 is 2.59 bits per heavy atom. The summed E-state index contributed by atoms with van der Waals surface area (Å²) in [6.07, 6.45) is 10.5. The largest absolute Gasteiger partial charge is 0.325 e. The lowest BCUT2D eigenvalue weighted by Gasteiger charge is -2.34. The first-order valence-corrected chi connectivity index (χ1v) is 7.90. The van der Waals surface area contributed by atoms with E-state index in [2.05, 4.69) is 31.1 Å². The van der Waals surface area contributed by atoms with Gasteiger partial charge in [-0.05, 0) is 36.0 Å². The number of hydrogen-bond acceptors (Lipinski definition) is 2. The highest BCUT2D eigenvalue weighted by atomic mass is 16.2. The van der Waals surface area contributed by atoms with Crippen LogP contribution >= 0.6 is 0 Å². The van der Waals surface area contributed by atoms with E-state index in [4.69, 9.17) is 0 Å². The molecule has 0 radical (unpaired) electrons. The van der Waals surface area contributed by atoms with Crippen LogP contribution in [-0.2, 0) is 9.59 Å². The molecule has 0 spiro atoms. The van der Waals surface area contributed by atoms with E-state index in [0.717, 1.165) is 30.5 Å².